The minimum absolute atomic E-state index is 0.131. The lowest BCUT2D eigenvalue weighted by atomic mass is 9.78. The van der Waals surface area contributed by atoms with Gasteiger partial charge < -0.3 is 4.42 Å². The van der Waals surface area contributed by atoms with Gasteiger partial charge in [0.25, 0.3) is 0 Å². The molecule has 0 saturated heterocycles. The van der Waals surface area contributed by atoms with Crippen LogP contribution in [0.25, 0.3) is 88.9 Å². The summed E-state index contributed by atoms with van der Waals surface area (Å²) in [5.41, 5.74) is 17.0. The quantitative estimate of drug-likeness (QED) is 0.167. The van der Waals surface area contributed by atoms with Gasteiger partial charge in [-0.25, -0.2) is 9.97 Å². The van der Waals surface area contributed by atoms with Crippen molar-refractivity contribution >= 4 is 55.9 Å². The van der Waals surface area contributed by atoms with E-state index in [4.69, 9.17) is 19.4 Å². The maximum absolute atomic E-state index is 6.40. The average Bonchev–Trinajstić information content (AvgIpc) is 3.95. The third kappa shape index (κ3) is 6.04. The lowest BCUT2D eigenvalue weighted by Crippen LogP contribution is -2.27. The molecule has 11 aromatic rings. The number of fused-ring (bicyclic) bond motifs is 9. The molecule has 0 N–H and O–H groups in total. The topological polar surface area (TPSA) is 51.3 Å². The van der Waals surface area contributed by atoms with E-state index in [2.05, 4.69) is 194 Å². The third-order valence-corrected chi connectivity index (χ3v) is 14.3. The van der Waals surface area contributed by atoms with Crippen molar-refractivity contribution < 1.29 is 4.42 Å². The molecule has 0 radical (unpaired) electrons. The Bertz CT molecular complexity index is 3660. The van der Waals surface area contributed by atoms with Crippen molar-refractivity contribution in [3.63, 3.8) is 0 Å². The van der Waals surface area contributed by atoms with Crippen LogP contribution in [0.3, 0.4) is 0 Å². The van der Waals surface area contributed by atoms with E-state index in [-0.39, 0.29) is 11.2 Å². The first-order valence-corrected chi connectivity index (χ1v) is 22.6. The molecule has 0 bridgehead atoms. The maximum Gasteiger partial charge on any atom is 0.160 e. The van der Waals surface area contributed by atoms with Crippen LogP contribution in [0.5, 0.6) is 0 Å². The number of aromatic nitrogens is 2. The van der Waals surface area contributed by atoms with Gasteiger partial charge in [0.1, 0.15) is 11.2 Å². The Hall–Kier alpha value is -7.86. The van der Waals surface area contributed by atoms with Crippen LogP contribution in [0, 0.1) is 0 Å². The van der Waals surface area contributed by atoms with E-state index in [1.807, 2.05) is 30.0 Å². The lowest BCUT2D eigenvalue weighted by molar-refractivity contribution is 0.670. The van der Waals surface area contributed by atoms with Crippen LogP contribution in [-0.4, -0.2) is 20.9 Å². The smallest absolute Gasteiger partial charge is 0.160 e. The predicted molar refractivity (Wildman–Crippen MR) is 265 cm³/mol. The van der Waals surface area contributed by atoms with Gasteiger partial charge in [0, 0.05) is 49.4 Å². The van der Waals surface area contributed by atoms with Gasteiger partial charge >= 0.3 is 0 Å². The van der Waals surface area contributed by atoms with Gasteiger partial charge in [-0.05, 0) is 68.9 Å². The molecule has 64 heavy (non-hydrogen) atoms. The molecule has 2 unspecified atom stereocenters. The van der Waals surface area contributed by atoms with Crippen molar-refractivity contribution in [1.29, 1.82) is 0 Å². The molecule has 2 aliphatic heterocycles. The van der Waals surface area contributed by atoms with E-state index in [9.17, 15) is 0 Å². The molecule has 0 amide bonds. The molecular formula is C59H37N3OS. The van der Waals surface area contributed by atoms with E-state index < -0.39 is 0 Å². The number of aliphatic imine (C=N–C) groups is 1. The van der Waals surface area contributed by atoms with E-state index in [0.29, 0.717) is 5.82 Å². The van der Waals surface area contributed by atoms with Crippen LogP contribution in [0.2, 0.25) is 0 Å². The second-order valence-corrected chi connectivity index (χ2v) is 17.8. The Labute approximate surface area is 374 Å². The van der Waals surface area contributed by atoms with Crippen molar-refractivity contribution in [1.82, 2.24) is 9.97 Å². The first kappa shape index (κ1) is 36.8. The highest BCUT2D eigenvalue weighted by atomic mass is 32.2. The zero-order valence-electron chi connectivity index (χ0n) is 34.5. The molecule has 2 atom stereocenters. The highest BCUT2D eigenvalue weighted by Gasteiger charge is 2.43. The van der Waals surface area contributed by atoms with Crippen LogP contribution in [0.15, 0.2) is 227 Å². The van der Waals surface area contributed by atoms with E-state index in [0.717, 1.165) is 78.1 Å². The number of thioether (sulfide) groups is 1. The Kier molecular flexibility index (Phi) is 8.56. The number of benzene rings is 9. The van der Waals surface area contributed by atoms with Crippen LogP contribution < -0.4 is 0 Å². The number of furan rings is 1. The number of rotatable bonds is 6. The summed E-state index contributed by atoms with van der Waals surface area (Å²) in [6.45, 7) is 0. The highest BCUT2D eigenvalue weighted by Crippen LogP contribution is 2.56. The Balaban J connectivity index is 0.925. The molecule has 0 fully saturated rings. The van der Waals surface area contributed by atoms with Gasteiger partial charge in [0.05, 0.1) is 28.0 Å². The molecule has 2 aliphatic rings. The van der Waals surface area contributed by atoms with Gasteiger partial charge in [-0.2, -0.15) is 0 Å². The molecule has 9 aromatic carbocycles. The summed E-state index contributed by atoms with van der Waals surface area (Å²) in [4.78, 5) is 17.4. The zero-order valence-corrected chi connectivity index (χ0v) is 35.3. The highest BCUT2D eigenvalue weighted by molar-refractivity contribution is 8.01. The largest absolute Gasteiger partial charge is 0.455 e. The molecular weight excluding hydrogens is 799 g/mol. The normalized spacial score (nSPS) is 15.2. The van der Waals surface area contributed by atoms with E-state index in [1.54, 1.807) is 0 Å². The fourth-order valence-corrected chi connectivity index (χ4v) is 11.4. The summed E-state index contributed by atoms with van der Waals surface area (Å²) in [5.74, 6) is 0.809. The fraction of sp³-hybridized carbons (Fsp3) is 0.0339. The first-order chi connectivity index (χ1) is 31.7. The summed E-state index contributed by atoms with van der Waals surface area (Å²) in [6.07, 6.45) is 0. The standard InChI is InChI=1S/C59H37N3OS/c1-2-15-38(16-3-1)50-35-51(39-32-30-37(31-33-39)44-24-12-26-47-45-21-6-8-28-52(45)63-57(44)47)62-59(61-50)41-19-10-18-40(34-41)43-23-13-27-49-54(43)55-48-22-7-9-29-53(48)64-58(55)56(60-49)46-25-11-17-36-14-4-5-20-42(36)46/h1-35,55,58H. The van der Waals surface area contributed by atoms with Crippen LogP contribution in [-0.2, 0) is 0 Å². The Morgan fingerprint density at radius 3 is 1.95 bits per heavy atom. The predicted octanol–water partition coefficient (Wildman–Crippen LogP) is 15.6. The molecule has 300 valence electrons. The lowest BCUT2D eigenvalue weighted by Gasteiger charge is -2.31. The van der Waals surface area contributed by atoms with Gasteiger partial charge in [0.2, 0.25) is 0 Å². The number of nitrogens with zero attached hydrogens (tertiary/aromatic N) is 3. The number of para-hydroxylation sites is 2. The van der Waals surface area contributed by atoms with Gasteiger partial charge in [-0.1, -0.05) is 182 Å². The summed E-state index contributed by atoms with van der Waals surface area (Å²) < 4.78 is 6.40. The van der Waals surface area contributed by atoms with Gasteiger partial charge in [-0.3, -0.25) is 4.99 Å². The summed E-state index contributed by atoms with van der Waals surface area (Å²) in [5, 5.41) is 4.84. The zero-order chi connectivity index (χ0) is 42.1. The van der Waals surface area contributed by atoms with Crippen molar-refractivity contribution in [3.05, 3.63) is 229 Å². The molecule has 2 aromatic heterocycles. The van der Waals surface area contributed by atoms with E-state index in [1.165, 1.54) is 37.9 Å². The summed E-state index contributed by atoms with van der Waals surface area (Å²) in [6, 6.07) is 75.3. The monoisotopic (exact) mass is 835 g/mol. The Morgan fingerprint density at radius 1 is 0.438 bits per heavy atom. The van der Waals surface area contributed by atoms with Gasteiger partial charge in [-0.15, -0.1) is 11.8 Å². The maximum atomic E-state index is 6.40. The van der Waals surface area contributed by atoms with Crippen LogP contribution >= 0.6 is 11.8 Å². The average molecular weight is 836 g/mol. The molecule has 13 rings (SSSR count). The minimum atomic E-state index is 0.131. The van der Waals surface area contributed by atoms with Crippen molar-refractivity contribution in [2.45, 2.75) is 16.1 Å². The summed E-state index contributed by atoms with van der Waals surface area (Å²) >= 11 is 1.94. The van der Waals surface area contributed by atoms with Gasteiger partial charge in [0.15, 0.2) is 5.82 Å². The van der Waals surface area contributed by atoms with E-state index >= 15 is 0 Å². The fourth-order valence-electron chi connectivity index (χ4n) is 9.92. The van der Waals surface area contributed by atoms with Crippen LogP contribution in [0.1, 0.15) is 22.6 Å². The third-order valence-electron chi connectivity index (χ3n) is 12.9. The molecule has 4 nitrogen and oxygen atoms in total. The number of hydrogen-bond donors (Lipinski definition) is 0. The van der Waals surface area contributed by atoms with Crippen LogP contribution in [0.4, 0.5) is 5.69 Å². The second kappa shape index (κ2) is 14.9. The first-order valence-electron chi connectivity index (χ1n) is 21.7. The van der Waals surface area contributed by atoms with Crippen molar-refractivity contribution in [2.24, 2.45) is 4.99 Å². The molecule has 0 saturated carbocycles. The molecule has 0 spiro atoms. The summed E-state index contributed by atoms with van der Waals surface area (Å²) in [7, 11) is 0. The van der Waals surface area contributed by atoms with Crippen molar-refractivity contribution in [3.8, 4) is 56.2 Å². The second-order valence-electron chi connectivity index (χ2n) is 16.6. The van der Waals surface area contributed by atoms with Crippen molar-refractivity contribution in [2.75, 3.05) is 0 Å². The molecule has 5 heteroatoms. The number of hydrogen-bond acceptors (Lipinski definition) is 5. The Morgan fingerprint density at radius 2 is 1.06 bits per heavy atom. The molecule has 0 aliphatic carbocycles. The minimum Gasteiger partial charge on any atom is -0.455 e. The molecule has 4 heterocycles. The SMILES string of the molecule is c1ccc(-c2cc(-c3ccc(-c4cccc5c4oc4ccccc45)cc3)nc(-c3cccc(-c4cccc5c4C4c6ccccc6SC4C(c4cccc6ccccc46)=N5)c3)n2)cc1.